The predicted octanol–water partition coefficient (Wildman–Crippen LogP) is 12.3. The predicted molar refractivity (Wildman–Crippen MR) is 188 cm³/mol. The lowest BCUT2D eigenvalue weighted by atomic mass is 9.85. The van der Waals surface area contributed by atoms with E-state index < -0.39 is 0 Å². The van der Waals surface area contributed by atoms with Gasteiger partial charge in [0.2, 0.25) is 0 Å². The van der Waals surface area contributed by atoms with E-state index in [-0.39, 0.29) is 0 Å². The number of allylic oxidation sites excluding steroid dienone is 5. The van der Waals surface area contributed by atoms with Crippen LogP contribution in [0.1, 0.15) is 55.4 Å². The van der Waals surface area contributed by atoms with Gasteiger partial charge in [0.25, 0.3) is 0 Å². The van der Waals surface area contributed by atoms with Gasteiger partial charge >= 0.3 is 0 Å². The maximum Gasteiger partial charge on any atom is -0.00992 e. The van der Waals surface area contributed by atoms with Crippen molar-refractivity contribution in [2.75, 3.05) is 0 Å². The molecule has 0 saturated carbocycles. The normalized spacial score (nSPS) is 12.7. The molecule has 5 aromatic carbocycles. The summed E-state index contributed by atoms with van der Waals surface area (Å²) >= 11 is 0. The molecule has 5 aromatic rings. The van der Waals surface area contributed by atoms with Crippen LogP contribution in [-0.2, 0) is 6.42 Å². The van der Waals surface area contributed by atoms with E-state index >= 15 is 0 Å². The molecule has 0 nitrogen and oxygen atoms in total. The zero-order valence-corrected chi connectivity index (χ0v) is 26.0. The van der Waals surface area contributed by atoms with Crippen molar-refractivity contribution in [2.45, 2.75) is 46.5 Å². The molecule has 0 bridgehead atoms. The Kier molecular flexibility index (Phi) is 9.70. The Bertz CT molecular complexity index is 1780. The van der Waals surface area contributed by atoms with Crippen molar-refractivity contribution in [2.24, 2.45) is 0 Å². The van der Waals surface area contributed by atoms with E-state index in [1.54, 1.807) is 0 Å². The first-order valence-electron chi connectivity index (χ1n) is 15.4. The molecular weight excluding hydrogens is 516 g/mol. The summed E-state index contributed by atoms with van der Waals surface area (Å²) in [5.74, 6) is 0.349. The molecule has 43 heavy (non-hydrogen) atoms. The largest absolute Gasteiger partial charge is 0.0984 e. The van der Waals surface area contributed by atoms with Crippen LogP contribution in [0, 0.1) is 6.92 Å². The lowest BCUT2D eigenvalue weighted by Gasteiger charge is -2.19. The third-order valence-electron chi connectivity index (χ3n) is 8.27. The van der Waals surface area contributed by atoms with Gasteiger partial charge in [-0.3, -0.25) is 0 Å². The van der Waals surface area contributed by atoms with Crippen molar-refractivity contribution in [3.63, 3.8) is 0 Å². The van der Waals surface area contributed by atoms with Crippen molar-refractivity contribution >= 4 is 5.57 Å². The molecule has 5 rings (SSSR count). The minimum Gasteiger partial charge on any atom is -0.0984 e. The molecule has 0 fully saturated rings. The summed E-state index contributed by atoms with van der Waals surface area (Å²) in [6.45, 7) is 13.0. The van der Waals surface area contributed by atoms with Crippen LogP contribution in [0.2, 0.25) is 0 Å². The lowest BCUT2D eigenvalue weighted by molar-refractivity contribution is 0.757. The second kappa shape index (κ2) is 14.0. The van der Waals surface area contributed by atoms with Crippen LogP contribution in [0.4, 0.5) is 0 Å². The average Bonchev–Trinajstić information content (AvgIpc) is 3.04. The first kappa shape index (κ1) is 29.8. The Hall–Kier alpha value is -4.68. The zero-order valence-electron chi connectivity index (χ0n) is 26.0. The van der Waals surface area contributed by atoms with Gasteiger partial charge in [0.15, 0.2) is 0 Å². The molecule has 0 heterocycles. The van der Waals surface area contributed by atoms with Gasteiger partial charge in [-0.05, 0) is 93.8 Å². The van der Waals surface area contributed by atoms with Crippen molar-refractivity contribution in [1.82, 2.24) is 0 Å². The lowest BCUT2D eigenvalue weighted by Crippen LogP contribution is -2.03. The molecule has 0 amide bonds. The van der Waals surface area contributed by atoms with Crippen molar-refractivity contribution in [3.05, 3.63) is 174 Å². The minimum atomic E-state index is 0.349. The van der Waals surface area contributed by atoms with Crippen LogP contribution < -0.4 is 0 Å². The fourth-order valence-electron chi connectivity index (χ4n) is 6.12. The highest BCUT2D eigenvalue weighted by atomic mass is 14.2. The number of benzene rings is 5. The molecule has 0 aliphatic rings. The Morgan fingerprint density at radius 3 is 1.91 bits per heavy atom. The van der Waals surface area contributed by atoms with E-state index in [1.165, 1.54) is 66.8 Å². The van der Waals surface area contributed by atoms with Crippen LogP contribution in [-0.4, -0.2) is 0 Å². The van der Waals surface area contributed by atoms with Crippen LogP contribution in [0.5, 0.6) is 0 Å². The monoisotopic (exact) mass is 558 g/mol. The van der Waals surface area contributed by atoms with Gasteiger partial charge < -0.3 is 0 Å². The quantitative estimate of drug-likeness (QED) is 0.150. The van der Waals surface area contributed by atoms with E-state index in [9.17, 15) is 0 Å². The maximum absolute atomic E-state index is 4.17. The molecule has 0 spiro atoms. The molecule has 1 unspecified atom stereocenters. The van der Waals surface area contributed by atoms with E-state index in [2.05, 4.69) is 168 Å². The summed E-state index contributed by atoms with van der Waals surface area (Å²) in [6.07, 6.45) is 8.43. The summed E-state index contributed by atoms with van der Waals surface area (Å²) in [7, 11) is 0. The molecule has 214 valence electrons. The first-order chi connectivity index (χ1) is 21.0. The van der Waals surface area contributed by atoms with Gasteiger partial charge in [0.05, 0.1) is 0 Å². The van der Waals surface area contributed by atoms with E-state index in [4.69, 9.17) is 0 Å². The third kappa shape index (κ3) is 6.87. The fraction of sp³-hybridized carbons (Fsp3) is 0.163. The summed E-state index contributed by atoms with van der Waals surface area (Å²) < 4.78 is 0. The van der Waals surface area contributed by atoms with E-state index in [1.807, 2.05) is 6.08 Å². The topological polar surface area (TPSA) is 0 Å². The fourth-order valence-corrected chi connectivity index (χ4v) is 6.12. The maximum atomic E-state index is 4.17. The highest BCUT2D eigenvalue weighted by molar-refractivity contribution is 5.91. The first-order valence-corrected chi connectivity index (χ1v) is 15.4. The van der Waals surface area contributed by atoms with Crippen LogP contribution >= 0.6 is 0 Å². The Morgan fingerprint density at radius 1 is 0.698 bits per heavy atom. The van der Waals surface area contributed by atoms with Gasteiger partial charge in [0, 0.05) is 0 Å². The highest BCUT2D eigenvalue weighted by Crippen LogP contribution is 2.39. The summed E-state index contributed by atoms with van der Waals surface area (Å²) in [5, 5.41) is 0. The molecule has 0 aliphatic carbocycles. The second-order valence-corrected chi connectivity index (χ2v) is 11.5. The molecule has 1 atom stereocenters. The molecular formula is C43H42. The summed E-state index contributed by atoms with van der Waals surface area (Å²) in [4.78, 5) is 0. The molecule has 0 heteroatoms. The van der Waals surface area contributed by atoms with Crippen LogP contribution in [0.25, 0.3) is 39.0 Å². The number of aryl methyl sites for hydroxylation is 1. The average molecular weight is 559 g/mol. The van der Waals surface area contributed by atoms with Crippen molar-refractivity contribution < 1.29 is 0 Å². The summed E-state index contributed by atoms with van der Waals surface area (Å²) in [5.41, 5.74) is 15.2. The van der Waals surface area contributed by atoms with Gasteiger partial charge in [0.1, 0.15) is 0 Å². The van der Waals surface area contributed by atoms with Gasteiger partial charge in [-0.1, -0.05) is 166 Å². The molecule has 0 saturated heterocycles. The molecule has 0 aromatic heterocycles. The van der Waals surface area contributed by atoms with E-state index in [0.29, 0.717) is 5.92 Å². The molecule has 0 radical (unpaired) electrons. The SMILES string of the molecule is C=C/C(=C(C)\C=C/CC)c1ccccc1C(C)Cc1cccc(-c2ccccc2-c2ccccc2-c2cccc(C)c2)c1. The van der Waals surface area contributed by atoms with E-state index in [0.717, 1.165) is 12.8 Å². The highest BCUT2D eigenvalue weighted by Gasteiger charge is 2.16. The van der Waals surface area contributed by atoms with Gasteiger partial charge in [-0.25, -0.2) is 0 Å². The summed E-state index contributed by atoms with van der Waals surface area (Å²) in [6, 6.07) is 44.3. The smallest absolute Gasteiger partial charge is 0.00992 e. The number of hydrogen-bond acceptors (Lipinski definition) is 0. The van der Waals surface area contributed by atoms with Crippen molar-refractivity contribution in [1.29, 1.82) is 0 Å². The standard InChI is InChI=1S/C43H42/c1-6-8-18-32(4)37(7-2)41-25-12-9-22-38(41)33(5)29-34-19-16-21-36(30-34)40-24-11-14-27-43(40)42-26-13-10-23-39(42)35-20-15-17-31(3)28-35/h7-28,30,33H,2,6,29H2,1,3-5H3/b18-8-,37-32+. The third-order valence-corrected chi connectivity index (χ3v) is 8.27. The molecule has 0 aliphatic heterocycles. The van der Waals surface area contributed by atoms with Gasteiger partial charge in [-0.2, -0.15) is 0 Å². The second-order valence-electron chi connectivity index (χ2n) is 11.5. The Balaban J connectivity index is 1.50. The van der Waals surface area contributed by atoms with Crippen molar-refractivity contribution in [3.8, 4) is 33.4 Å². The minimum absolute atomic E-state index is 0.349. The van der Waals surface area contributed by atoms with Gasteiger partial charge in [-0.15, -0.1) is 0 Å². The molecule has 0 N–H and O–H groups in total. The Labute approximate surface area is 258 Å². The van der Waals surface area contributed by atoms with Crippen LogP contribution in [0.3, 0.4) is 0 Å². The number of rotatable bonds is 10. The van der Waals surface area contributed by atoms with Crippen LogP contribution in [0.15, 0.2) is 152 Å². The Morgan fingerprint density at radius 2 is 1.28 bits per heavy atom. The zero-order chi connectivity index (χ0) is 30.2. The number of hydrogen-bond donors (Lipinski definition) is 0.